The summed E-state index contributed by atoms with van der Waals surface area (Å²) in [4.78, 5) is 56.8. The van der Waals surface area contributed by atoms with E-state index in [9.17, 15) is 24.0 Å². The summed E-state index contributed by atoms with van der Waals surface area (Å²) in [6.07, 6.45) is -0.577. The van der Waals surface area contributed by atoms with Crippen molar-refractivity contribution in [1.82, 2.24) is 16.0 Å². The minimum atomic E-state index is -1.50. The summed E-state index contributed by atoms with van der Waals surface area (Å²) in [5, 5.41) is 15.7. The molecule has 11 heteroatoms. The Kier molecular flexibility index (Phi) is 9.02. The van der Waals surface area contributed by atoms with E-state index in [-0.39, 0.29) is 19.0 Å². The maximum absolute atomic E-state index is 12.2. The molecule has 0 saturated heterocycles. The molecule has 136 valence electrons. The Labute approximate surface area is 138 Å². The van der Waals surface area contributed by atoms with E-state index in [0.29, 0.717) is 0 Å². The number of nitrogens with two attached hydrogens (primary N) is 2. The van der Waals surface area contributed by atoms with Crippen molar-refractivity contribution in [2.75, 3.05) is 13.1 Å². The summed E-state index contributed by atoms with van der Waals surface area (Å²) >= 11 is 0. The van der Waals surface area contributed by atoms with Gasteiger partial charge in [0, 0.05) is 0 Å². The van der Waals surface area contributed by atoms with Crippen LogP contribution >= 0.6 is 0 Å². The van der Waals surface area contributed by atoms with Gasteiger partial charge < -0.3 is 32.5 Å². The van der Waals surface area contributed by atoms with Gasteiger partial charge >= 0.3 is 5.97 Å². The number of aliphatic carboxylic acids is 1. The second kappa shape index (κ2) is 10.2. The number of carbonyl (C=O) groups excluding carboxylic acids is 4. The summed E-state index contributed by atoms with van der Waals surface area (Å²) in [5.41, 5.74) is 10.0. The second-order valence-corrected chi connectivity index (χ2v) is 5.34. The largest absolute Gasteiger partial charge is 0.480 e. The van der Waals surface area contributed by atoms with Gasteiger partial charge in [0.25, 0.3) is 0 Å². The van der Waals surface area contributed by atoms with Gasteiger partial charge in [-0.1, -0.05) is 13.8 Å². The molecule has 0 aromatic rings. The first-order valence-corrected chi connectivity index (χ1v) is 7.16. The molecule has 0 bridgehead atoms. The Bertz CT molecular complexity index is 507. The van der Waals surface area contributed by atoms with E-state index in [1.165, 1.54) is 0 Å². The highest BCUT2D eigenvalue weighted by atomic mass is 16.4. The van der Waals surface area contributed by atoms with Gasteiger partial charge in [-0.15, -0.1) is 0 Å². The Morgan fingerprint density at radius 3 is 2.04 bits per heavy atom. The fraction of sp³-hybridized carbons (Fsp3) is 0.615. The first-order chi connectivity index (χ1) is 11.1. The molecule has 0 radical (unpaired) electrons. The molecule has 0 saturated carbocycles. The van der Waals surface area contributed by atoms with Crippen molar-refractivity contribution < 1.29 is 29.1 Å². The van der Waals surface area contributed by atoms with Crippen LogP contribution in [0, 0.1) is 5.92 Å². The Morgan fingerprint density at radius 2 is 1.62 bits per heavy atom. The lowest BCUT2D eigenvalue weighted by Gasteiger charge is -2.23. The van der Waals surface area contributed by atoms with Gasteiger partial charge in [-0.25, -0.2) is 4.79 Å². The normalized spacial score (nSPS) is 12.8. The fourth-order valence-corrected chi connectivity index (χ4v) is 1.67. The summed E-state index contributed by atoms with van der Waals surface area (Å²) < 4.78 is 0. The highest BCUT2D eigenvalue weighted by Crippen LogP contribution is 2.03. The molecule has 0 spiro atoms. The number of hydrogen-bond donors (Lipinski definition) is 6. The van der Waals surface area contributed by atoms with Crippen LogP contribution in [0.2, 0.25) is 0 Å². The van der Waals surface area contributed by atoms with Crippen molar-refractivity contribution in [3.63, 3.8) is 0 Å². The van der Waals surface area contributed by atoms with E-state index in [1.54, 1.807) is 13.8 Å². The lowest BCUT2D eigenvalue weighted by Crippen LogP contribution is -2.55. The molecular formula is C13H23N5O6. The van der Waals surface area contributed by atoms with E-state index >= 15 is 0 Å². The number of carboxylic acid groups (broad SMARTS) is 1. The number of rotatable bonds is 10. The van der Waals surface area contributed by atoms with E-state index in [4.69, 9.17) is 16.6 Å². The van der Waals surface area contributed by atoms with E-state index in [2.05, 4.69) is 16.0 Å². The van der Waals surface area contributed by atoms with Crippen LogP contribution in [-0.2, 0) is 24.0 Å². The first kappa shape index (κ1) is 21.3. The van der Waals surface area contributed by atoms with Crippen molar-refractivity contribution in [3.05, 3.63) is 0 Å². The summed E-state index contributed by atoms with van der Waals surface area (Å²) in [6, 6.07) is -2.55. The molecule has 0 aliphatic rings. The van der Waals surface area contributed by atoms with E-state index in [0.717, 1.165) is 0 Å². The van der Waals surface area contributed by atoms with Gasteiger partial charge in [0.1, 0.15) is 12.1 Å². The predicted octanol–water partition coefficient (Wildman–Crippen LogP) is -3.35. The average Bonchev–Trinajstić information content (AvgIpc) is 2.48. The number of amides is 4. The minimum absolute atomic E-state index is 0.283. The van der Waals surface area contributed by atoms with Gasteiger partial charge in [-0.2, -0.15) is 0 Å². The average molecular weight is 345 g/mol. The quantitative estimate of drug-likeness (QED) is 0.238. The zero-order valence-corrected chi connectivity index (χ0v) is 13.5. The molecule has 8 N–H and O–H groups in total. The minimum Gasteiger partial charge on any atom is -0.480 e. The van der Waals surface area contributed by atoms with Crippen LogP contribution in [-0.4, -0.2) is 59.9 Å². The Hall–Kier alpha value is -2.69. The molecular weight excluding hydrogens is 322 g/mol. The topological polar surface area (TPSA) is 194 Å². The van der Waals surface area contributed by atoms with E-state index in [1.807, 2.05) is 0 Å². The van der Waals surface area contributed by atoms with Crippen LogP contribution in [0.3, 0.4) is 0 Å². The Morgan fingerprint density at radius 1 is 1.04 bits per heavy atom. The number of carbonyl (C=O) groups is 5. The van der Waals surface area contributed by atoms with Crippen LogP contribution in [0.25, 0.3) is 0 Å². The molecule has 0 fully saturated rings. The first-order valence-electron chi connectivity index (χ1n) is 7.16. The molecule has 2 atom stereocenters. The summed E-state index contributed by atoms with van der Waals surface area (Å²) in [7, 11) is 0. The third-order valence-corrected chi connectivity index (χ3v) is 2.92. The summed E-state index contributed by atoms with van der Waals surface area (Å²) in [6.45, 7) is 2.60. The van der Waals surface area contributed by atoms with Crippen LogP contribution in [0.1, 0.15) is 20.3 Å². The molecule has 0 aromatic carbocycles. The molecule has 11 nitrogen and oxygen atoms in total. The number of hydrogen-bond acceptors (Lipinski definition) is 6. The molecule has 2 unspecified atom stereocenters. The smallest absolute Gasteiger partial charge is 0.326 e. The van der Waals surface area contributed by atoms with Crippen LogP contribution in [0.4, 0.5) is 0 Å². The second-order valence-electron chi connectivity index (χ2n) is 5.34. The van der Waals surface area contributed by atoms with Crippen LogP contribution in [0.15, 0.2) is 0 Å². The molecule has 0 rings (SSSR count). The fourth-order valence-electron chi connectivity index (χ4n) is 1.67. The lowest BCUT2D eigenvalue weighted by molar-refractivity contribution is -0.144. The third kappa shape index (κ3) is 8.08. The predicted molar refractivity (Wildman–Crippen MR) is 82.2 cm³/mol. The van der Waals surface area contributed by atoms with Crippen molar-refractivity contribution in [1.29, 1.82) is 0 Å². The highest BCUT2D eigenvalue weighted by molar-refractivity contribution is 5.93. The van der Waals surface area contributed by atoms with Crippen LogP contribution < -0.4 is 27.4 Å². The molecule has 0 aromatic heterocycles. The van der Waals surface area contributed by atoms with Gasteiger partial charge in [0.05, 0.1) is 19.5 Å². The maximum atomic E-state index is 12.2. The zero-order valence-electron chi connectivity index (χ0n) is 13.5. The van der Waals surface area contributed by atoms with Gasteiger partial charge in [0.2, 0.25) is 23.6 Å². The van der Waals surface area contributed by atoms with Gasteiger partial charge in [-0.3, -0.25) is 19.2 Å². The van der Waals surface area contributed by atoms with Crippen LogP contribution in [0.5, 0.6) is 0 Å². The number of nitrogens with one attached hydrogen (secondary N) is 3. The number of primary amides is 1. The maximum Gasteiger partial charge on any atom is 0.326 e. The Balaban J connectivity index is 4.82. The van der Waals surface area contributed by atoms with Crippen molar-refractivity contribution >= 4 is 29.6 Å². The lowest BCUT2D eigenvalue weighted by atomic mass is 10.0. The van der Waals surface area contributed by atoms with Crippen molar-refractivity contribution in [2.24, 2.45) is 17.4 Å². The standard InChI is InChI=1S/C13H23N5O6/c1-6(2)11(18-10(21)5-16-9(20)4-14)12(22)17-7(13(23)24)3-8(15)19/h6-7,11H,3-5,14H2,1-2H3,(H2,15,19)(H,16,20)(H,17,22)(H,18,21)(H,23,24). The molecule has 0 aliphatic heterocycles. The molecule has 24 heavy (non-hydrogen) atoms. The number of carboxylic acids is 1. The zero-order chi connectivity index (χ0) is 18.9. The third-order valence-electron chi connectivity index (χ3n) is 2.92. The van der Waals surface area contributed by atoms with E-state index < -0.39 is 48.1 Å². The van der Waals surface area contributed by atoms with Crippen molar-refractivity contribution in [3.8, 4) is 0 Å². The SMILES string of the molecule is CC(C)C(NC(=O)CNC(=O)CN)C(=O)NC(CC(N)=O)C(=O)O. The van der Waals surface area contributed by atoms with Gasteiger partial charge in [-0.05, 0) is 5.92 Å². The molecule has 0 aliphatic carbocycles. The summed E-state index contributed by atoms with van der Waals surface area (Å²) in [5.74, 6) is -4.65. The van der Waals surface area contributed by atoms with Crippen molar-refractivity contribution in [2.45, 2.75) is 32.4 Å². The monoisotopic (exact) mass is 345 g/mol. The highest BCUT2D eigenvalue weighted by Gasteiger charge is 2.29. The molecule has 4 amide bonds. The molecule has 0 heterocycles. The van der Waals surface area contributed by atoms with Gasteiger partial charge in [0.15, 0.2) is 0 Å².